The van der Waals surface area contributed by atoms with Gasteiger partial charge in [-0.2, -0.15) is 0 Å². The quantitative estimate of drug-likeness (QED) is 0.0673. The summed E-state index contributed by atoms with van der Waals surface area (Å²) in [6.07, 6.45) is 0. The zero-order chi connectivity index (χ0) is 19.1. The zero-order valence-electron chi connectivity index (χ0n) is 15.1. The van der Waals surface area contributed by atoms with E-state index in [1.807, 2.05) is 0 Å². The third-order valence-electron chi connectivity index (χ3n) is 0.194. The molecule has 0 rings (SSSR count). The maximum atomic E-state index is 9.37. The molecule has 0 atom stereocenters. The first-order valence-corrected chi connectivity index (χ1v) is 8.67. The van der Waals surface area contributed by atoms with E-state index in [1.54, 1.807) is 0 Å². The maximum Gasteiger partial charge on any atom is 3.00 e. The smallest absolute Gasteiger partial charge is 1.00 e. The first-order valence-electron chi connectivity index (χ1n) is 3.00. The maximum absolute atomic E-state index is 9.37. The second-order valence-corrected chi connectivity index (χ2v) is 4.69. The number of rotatable bonds is 3. The molecular weight excluding hydrogens is 665 g/mol. The van der Waals surface area contributed by atoms with Crippen molar-refractivity contribution in [2.45, 2.75) is 0 Å². The minimum Gasteiger partial charge on any atom is -1.00 e. The van der Waals surface area contributed by atoms with Crippen molar-refractivity contribution in [3.63, 3.8) is 0 Å². The standard InChI is InChI=1S/ClH.2Fe.K.2Na.H2O8S2.3H2O3S.H/c;;;;;;1-9(2,3)7-8-10(4,5)6;3*1-4(2)3;/h1H;;;;;;(H,1,2,3)(H,4,5,6);3*(H2,1,2,3);/q;2*+3;3*+1;;;;;-1/p-8. The van der Waals surface area contributed by atoms with Crippen LogP contribution in [0.25, 0.3) is 0 Å². The van der Waals surface area contributed by atoms with E-state index in [2.05, 4.69) is 8.67 Å². The number of halogens is 1. The van der Waals surface area contributed by atoms with Crippen molar-refractivity contribution in [2.75, 3.05) is 0 Å². The molecule has 0 aliphatic heterocycles. The molecule has 160 valence electrons. The van der Waals surface area contributed by atoms with E-state index in [0.29, 0.717) is 0 Å². The Morgan fingerprint density at radius 3 is 0.750 bits per heavy atom. The van der Waals surface area contributed by atoms with E-state index >= 15 is 0 Å². The topological polar surface area (TPSA) is 322 Å². The van der Waals surface area contributed by atoms with Crippen LogP contribution in [-0.4, -0.2) is 65.9 Å². The van der Waals surface area contributed by atoms with E-state index < -0.39 is 54.9 Å². The fraction of sp³-hybridized carbons (Fsp3) is 0. The first-order chi connectivity index (χ1) is 9.40. The van der Waals surface area contributed by atoms with E-state index in [9.17, 15) is 25.9 Å². The Morgan fingerprint density at radius 2 is 0.714 bits per heavy atom. The van der Waals surface area contributed by atoms with E-state index in [1.165, 1.54) is 0 Å². The number of hydrogen-bond acceptors (Lipinski definition) is 17. The Kier molecular flexibility index (Phi) is 89.3. The minimum absolute atomic E-state index is 0. The Bertz CT molecular complexity index is 488. The van der Waals surface area contributed by atoms with Crippen molar-refractivity contribution in [2.24, 2.45) is 0 Å². The summed E-state index contributed by atoms with van der Waals surface area (Å²) in [6.45, 7) is 0. The van der Waals surface area contributed by atoms with Gasteiger partial charge in [-0.05, 0) is 0 Å². The molecule has 0 heterocycles. The van der Waals surface area contributed by atoms with Crippen LogP contribution in [0, 0.1) is 0 Å². The molecule has 0 saturated carbocycles. The van der Waals surface area contributed by atoms with Gasteiger partial charge < -0.3 is 50.3 Å². The van der Waals surface area contributed by atoms with Gasteiger partial charge in [0.2, 0.25) is 20.8 Å². The van der Waals surface area contributed by atoms with Crippen LogP contribution in [0.1, 0.15) is 2.85 Å². The Labute approximate surface area is 283 Å². The molecule has 28 heavy (non-hydrogen) atoms. The second-order valence-electron chi connectivity index (χ2n) is 1.56. The molecule has 0 aromatic rings. The third kappa shape index (κ3) is 195. The molecule has 0 bridgehead atoms. The van der Waals surface area contributed by atoms with Gasteiger partial charge in [0.1, 0.15) is 0 Å². The average molecular weight is 667 g/mol. The molecule has 0 aromatic carbocycles. The molecule has 0 amide bonds. The molecule has 0 aliphatic rings. The summed E-state index contributed by atoms with van der Waals surface area (Å²) in [5.41, 5.74) is 0. The molecule has 2 radical (unpaired) electrons. The van der Waals surface area contributed by atoms with Gasteiger partial charge in [0, 0.05) is 0 Å². The van der Waals surface area contributed by atoms with Crippen LogP contribution in [-0.2, 0) is 97.7 Å². The van der Waals surface area contributed by atoms with Crippen LogP contribution < -0.4 is 123 Å². The third-order valence-corrected chi connectivity index (χ3v) is 0.750. The van der Waals surface area contributed by atoms with Crippen LogP contribution in [0.2, 0.25) is 0 Å². The van der Waals surface area contributed by atoms with Crippen molar-refractivity contribution in [3.05, 3.63) is 0 Å². The van der Waals surface area contributed by atoms with Crippen molar-refractivity contribution >= 4 is 54.9 Å². The van der Waals surface area contributed by atoms with E-state index in [-0.39, 0.29) is 160 Å². The predicted molar refractivity (Wildman–Crippen MR) is 52.9 cm³/mol. The normalized spacial score (nSPS) is 8.54. The Morgan fingerprint density at radius 1 is 0.643 bits per heavy atom. The SMILES string of the molecule is O=S(=O)([O-])OOS(=O)(=O)[O-].O=S([O-])[O-].O=S([O-])[O-].O=S([O-])[O-].[Cl-].[Fe+3].[Fe+3].[H+].[H-].[K+].[Na+].[Na+]. The fourth-order valence-corrected chi connectivity index (χ4v) is 0.612. The van der Waals surface area contributed by atoms with Crippen LogP contribution in [0.15, 0.2) is 0 Å². The van der Waals surface area contributed by atoms with Crippen molar-refractivity contribution in [1.29, 1.82) is 0 Å². The van der Waals surface area contributed by atoms with Gasteiger partial charge in [-0.25, -0.2) is 16.8 Å². The summed E-state index contributed by atoms with van der Waals surface area (Å²) in [5, 5.41) is 0. The number of hydrogen-bond donors (Lipinski definition) is 0. The molecule has 0 saturated heterocycles. The summed E-state index contributed by atoms with van der Waals surface area (Å²) < 4.78 is 137. The van der Waals surface area contributed by atoms with Crippen molar-refractivity contribution in [1.82, 2.24) is 0 Å². The molecule has 0 unspecified atom stereocenters. The van der Waals surface area contributed by atoms with Crippen LogP contribution in [0.4, 0.5) is 0 Å². The molecule has 0 aromatic heterocycles. The van der Waals surface area contributed by atoms with Crippen LogP contribution >= 0.6 is 0 Å². The second kappa shape index (κ2) is 39.1. The van der Waals surface area contributed by atoms with Crippen LogP contribution in [0.3, 0.4) is 0 Å². The van der Waals surface area contributed by atoms with Crippen molar-refractivity contribution < 1.29 is 234 Å². The van der Waals surface area contributed by atoms with E-state index in [4.69, 9.17) is 39.9 Å². The van der Waals surface area contributed by atoms with Gasteiger partial charge in [-0.3, -0.25) is 12.6 Å². The van der Waals surface area contributed by atoms with Crippen LogP contribution in [0.5, 0.6) is 0 Å². The Hall–Kier alpha value is 4.92. The van der Waals surface area contributed by atoms with Crippen molar-refractivity contribution in [3.8, 4) is 0 Å². The molecule has 0 fully saturated rings. The largest absolute Gasteiger partial charge is 3.00 e. The molecule has 0 spiro atoms. The van der Waals surface area contributed by atoms with Gasteiger partial charge in [0.15, 0.2) is 0 Å². The van der Waals surface area contributed by atoms with Gasteiger partial charge in [-0.15, -0.1) is 42.8 Å². The molecule has 0 aliphatic carbocycles. The zero-order valence-corrected chi connectivity index (χ0v) is 27.2. The molecule has 17 nitrogen and oxygen atoms in total. The van der Waals surface area contributed by atoms with E-state index in [0.717, 1.165) is 0 Å². The monoisotopic (exact) mass is 666 g/mol. The molecule has 0 N–H and O–H groups in total. The average Bonchev–Trinajstić information content (AvgIpc) is 2.09. The predicted octanol–water partition coefficient (Wildman–Crippen LogP) is -16.9. The summed E-state index contributed by atoms with van der Waals surface area (Å²) in [5.74, 6) is 0. The molecular formula is H2ClFe2KNa2O17S5. The fourth-order valence-electron chi connectivity index (χ4n) is 0.0680. The first kappa shape index (κ1) is 63.8. The summed E-state index contributed by atoms with van der Waals surface area (Å²) in [4.78, 5) is 0. The van der Waals surface area contributed by atoms with Gasteiger partial charge in [0.25, 0.3) is 0 Å². The minimum atomic E-state index is -5.31. The van der Waals surface area contributed by atoms with Gasteiger partial charge in [-0.1, -0.05) is 0 Å². The van der Waals surface area contributed by atoms with Gasteiger partial charge in [0.05, 0.1) is 0 Å². The summed E-state index contributed by atoms with van der Waals surface area (Å²) >= 11 is -9.33. The molecule has 28 heteroatoms. The van der Waals surface area contributed by atoms with Gasteiger partial charge >= 0.3 is 146 Å². The summed E-state index contributed by atoms with van der Waals surface area (Å²) in [6, 6.07) is 0. The Balaban J connectivity index is -0.0000000143. The summed E-state index contributed by atoms with van der Waals surface area (Å²) in [7, 11) is -10.6.